The third kappa shape index (κ3) is 1.41. The fraction of sp³-hybridized carbons (Fsp3) is 0.571. The molecule has 2 fully saturated rings. The Morgan fingerprint density at radius 3 is 2.44 bits per heavy atom. The van der Waals surface area contributed by atoms with E-state index >= 15 is 0 Å². The summed E-state index contributed by atoms with van der Waals surface area (Å²) < 4.78 is 12.2. The van der Waals surface area contributed by atoms with Crippen molar-refractivity contribution in [2.75, 3.05) is 0 Å². The van der Waals surface area contributed by atoms with Crippen LogP contribution in [0.25, 0.3) is 0 Å². The van der Waals surface area contributed by atoms with Crippen LogP contribution in [-0.2, 0) is 9.47 Å². The summed E-state index contributed by atoms with van der Waals surface area (Å²) in [5, 5.41) is 0. The van der Waals surface area contributed by atoms with E-state index in [1.54, 1.807) is 0 Å². The third-order valence-electron chi connectivity index (χ3n) is 4.23. The molecule has 0 N–H and O–H groups in total. The minimum Gasteiger partial charge on any atom is -0.344 e. The summed E-state index contributed by atoms with van der Waals surface area (Å²) in [6, 6.07) is 8.56. The summed E-state index contributed by atoms with van der Waals surface area (Å²) >= 11 is 7.61. The van der Waals surface area contributed by atoms with Crippen LogP contribution >= 0.6 is 31.9 Å². The Balaban J connectivity index is 1.87. The van der Waals surface area contributed by atoms with Gasteiger partial charge in [-0.2, -0.15) is 0 Å². The average Bonchev–Trinajstić information content (AvgIpc) is 2.71. The molecule has 2 nitrogen and oxygen atoms in total. The highest BCUT2D eigenvalue weighted by Crippen LogP contribution is 2.74. The molecule has 0 amide bonds. The lowest BCUT2D eigenvalue weighted by atomic mass is 9.88. The fourth-order valence-electron chi connectivity index (χ4n) is 3.51. The lowest BCUT2D eigenvalue weighted by Gasteiger charge is -2.24. The minimum absolute atomic E-state index is 0.0285. The zero-order valence-electron chi connectivity index (χ0n) is 10.2. The van der Waals surface area contributed by atoms with Gasteiger partial charge in [-0.15, -0.1) is 0 Å². The van der Waals surface area contributed by atoms with Crippen LogP contribution < -0.4 is 0 Å². The van der Waals surface area contributed by atoms with E-state index in [0.29, 0.717) is 11.8 Å². The van der Waals surface area contributed by atoms with Crippen LogP contribution in [0.5, 0.6) is 0 Å². The zero-order chi connectivity index (χ0) is 12.7. The molecule has 4 heteroatoms. The Labute approximate surface area is 123 Å². The quantitative estimate of drug-likeness (QED) is 0.637. The van der Waals surface area contributed by atoms with Gasteiger partial charge in [0.2, 0.25) is 0 Å². The largest absolute Gasteiger partial charge is 0.344 e. The summed E-state index contributed by atoms with van der Waals surface area (Å²) in [5.41, 5.74) is 2.67. The first-order chi connectivity index (χ1) is 8.42. The number of fused-ring (bicyclic) bond motifs is 6. The summed E-state index contributed by atoms with van der Waals surface area (Å²) in [4.78, 5) is 0. The maximum Gasteiger partial charge on any atom is 0.164 e. The van der Waals surface area contributed by atoms with Gasteiger partial charge in [-0.1, -0.05) is 56.1 Å². The van der Waals surface area contributed by atoms with Crippen molar-refractivity contribution in [2.45, 2.75) is 41.0 Å². The molecule has 2 aliphatic carbocycles. The number of ether oxygens (including phenoxy) is 2. The standard InChI is InChI=1S/C14H14Br2O2/c1-13(2)17-11-8-6-4-3-5-7(8)9-10(12(11)18-13)14(9,15)16/h3-6,9-12H,1-2H3/t9-,10-,11-,12+/m1/s1. The van der Waals surface area contributed by atoms with E-state index in [-0.39, 0.29) is 15.4 Å². The van der Waals surface area contributed by atoms with Crippen LogP contribution in [0.2, 0.25) is 0 Å². The predicted molar refractivity (Wildman–Crippen MR) is 76.0 cm³/mol. The molecule has 1 aromatic rings. The van der Waals surface area contributed by atoms with Crippen molar-refractivity contribution in [3.05, 3.63) is 35.4 Å². The molecular weight excluding hydrogens is 360 g/mol. The maximum absolute atomic E-state index is 6.12. The van der Waals surface area contributed by atoms with Crippen LogP contribution in [0, 0.1) is 5.92 Å². The fourth-order valence-corrected chi connectivity index (χ4v) is 5.35. The second kappa shape index (κ2) is 3.40. The molecule has 96 valence electrons. The third-order valence-corrected chi connectivity index (χ3v) is 6.27. The first kappa shape index (κ1) is 11.9. The molecule has 18 heavy (non-hydrogen) atoms. The van der Waals surface area contributed by atoms with Gasteiger partial charge in [0.15, 0.2) is 5.79 Å². The van der Waals surface area contributed by atoms with Crippen molar-refractivity contribution < 1.29 is 9.47 Å². The smallest absolute Gasteiger partial charge is 0.164 e. The molecule has 0 aromatic heterocycles. The Morgan fingerprint density at radius 1 is 1.06 bits per heavy atom. The topological polar surface area (TPSA) is 18.5 Å². The Bertz CT molecular complexity index is 526. The Hall–Kier alpha value is 0.1000. The minimum atomic E-state index is -0.490. The van der Waals surface area contributed by atoms with E-state index in [2.05, 4.69) is 56.1 Å². The molecule has 0 unspecified atom stereocenters. The second-order valence-electron chi connectivity index (χ2n) is 5.83. The molecule has 4 rings (SSSR count). The first-order valence-corrected chi connectivity index (χ1v) is 7.83. The first-order valence-electron chi connectivity index (χ1n) is 6.24. The molecule has 0 bridgehead atoms. The van der Waals surface area contributed by atoms with Gasteiger partial charge < -0.3 is 9.47 Å². The SMILES string of the molecule is CC1(C)O[C@H]2[C@H]3[C@@H](c4ccccc4[C@H]2O1)C3(Br)Br. The summed E-state index contributed by atoms with van der Waals surface area (Å²) in [6.07, 6.45) is 0.202. The van der Waals surface area contributed by atoms with E-state index in [4.69, 9.17) is 9.47 Å². The number of hydrogen-bond acceptors (Lipinski definition) is 2. The maximum atomic E-state index is 6.12. The molecule has 4 atom stereocenters. The molecule has 0 radical (unpaired) electrons. The molecule has 1 heterocycles. The lowest BCUT2D eigenvalue weighted by molar-refractivity contribution is -0.147. The van der Waals surface area contributed by atoms with Crippen LogP contribution in [0.1, 0.15) is 37.0 Å². The molecule has 1 saturated carbocycles. The summed E-state index contributed by atoms with van der Waals surface area (Å²) in [5.74, 6) is 0.433. The number of hydrogen-bond donors (Lipinski definition) is 0. The summed E-state index contributed by atoms with van der Waals surface area (Å²) in [7, 11) is 0. The van der Waals surface area contributed by atoms with Gasteiger partial charge in [0, 0.05) is 11.8 Å². The predicted octanol–water partition coefficient (Wildman–Crippen LogP) is 4.09. The molecule has 1 aromatic carbocycles. The molecule has 0 spiro atoms. The van der Waals surface area contributed by atoms with Crippen LogP contribution in [0.15, 0.2) is 24.3 Å². The van der Waals surface area contributed by atoms with Crippen molar-refractivity contribution in [2.24, 2.45) is 5.92 Å². The number of rotatable bonds is 0. The molecule has 3 aliphatic rings. The Kier molecular flexibility index (Phi) is 2.25. The van der Waals surface area contributed by atoms with Gasteiger partial charge in [-0.05, 0) is 25.0 Å². The van der Waals surface area contributed by atoms with Crippen molar-refractivity contribution in [3.8, 4) is 0 Å². The van der Waals surface area contributed by atoms with E-state index in [9.17, 15) is 0 Å². The summed E-state index contributed by atoms with van der Waals surface area (Å²) in [6.45, 7) is 3.99. The molecular formula is C14H14Br2O2. The highest BCUT2D eigenvalue weighted by atomic mass is 79.9. The lowest BCUT2D eigenvalue weighted by Crippen LogP contribution is -2.25. The normalized spacial score (nSPS) is 41.8. The number of benzene rings is 1. The van der Waals surface area contributed by atoms with Crippen molar-refractivity contribution in [1.29, 1.82) is 0 Å². The zero-order valence-corrected chi connectivity index (χ0v) is 13.4. The van der Waals surface area contributed by atoms with Gasteiger partial charge in [0.25, 0.3) is 0 Å². The highest BCUT2D eigenvalue weighted by Gasteiger charge is 2.72. The van der Waals surface area contributed by atoms with Crippen molar-refractivity contribution >= 4 is 31.9 Å². The van der Waals surface area contributed by atoms with Gasteiger partial charge in [-0.25, -0.2) is 0 Å². The van der Waals surface area contributed by atoms with Gasteiger partial charge in [0.1, 0.15) is 6.10 Å². The van der Waals surface area contributed by atoms with E-state index < -0.39 is 5.79 Å². The average molecular weight is 374 g/mol. The molecule has 1 saturated heterocycles. The van der Waals surface area contributed by atoms with Gasteiger partial charge >= 0.3 is 0 Å². The second-order valence-corrected chi connectivity index (χ2v) is 9.52. The van der Waals surface area contributed by atoms with Crippen molar-refractivity contribution in [3.63, 3.8) is 0 Å². The highest BCUT2D eigenvalue weighted by molar-refractivity contribution is 9.25. The molecule has 1 aliphatic heterocycles. The van der Waals surface area contributed by atoms with E-state index in [1.165, 1.54) is 11.1 Å². The van der Waals surface area contributed by atoms with Crippen LogP contribution in [-0.4, -0.2) is 15.1 Å². The monoisotopic (exact) mass is 372 g/mol. The van der Waals surface area contributed by atoms with Gasteiger partial charge in [0.05, 0.1) is 9.34 Å². The Morgan fingerprint density at radius 2 is 1.72 bits per heavy atom. The van der Waals surface area contributed by atoms with Crippen LogP contribution in [0.3, 0.4) is 0 Å². The van der Waals surface area contributed by atoms with Crippen molar-refractivity contribution in [1.82, 2.24) is 0 Å². The number of halogens is 2. The van der Waals surface area contributed by atoms with E-state index in [0.717, 1.165) is 0 Å². The van der Waals surface area contributed by atoms with Crippen LogP contribution in [0.4, 0.5) is 0 Å². The van der Waals surface area contributed by atoms with Gasteiger partial charge in [-0.3, -0.25) is 0 Å². The number of alkyl halides is 2. The van der Waals surface area contributed by atoms with E-state index in [1.807, 2.05) is 13.8 Å².